The molecule has 0 unspecified atom stereocenters. The molecule has 8 rings (SSSR count). The highest BCUT2D eigenvalue weighted by Crippen LogP contribution is 2.45. The van der Waals surface area contributed by atoms with Crippen LogP contribution in [-0.4, -0.2) is 90.9 Å². The molecule has 4 aliphatic rings. The molecule has 5 heterocycles. The number of nitrogens with zero attached hydrogens (tertiary/aromatic N) is 5. The average molecular weight is 824 g/mol. The van der Waals surface area contributed by atoms with Crippen LogP contribution >= 0.6 is 11.3 Å². The van der Waals surface area contributed by atoms with Crippen molar-refractivity contribution in [3.8, 4) is 17.4 Å². The van der Waals surface area contributed by atoms with Gasteiger partial charge in [0.1, 0.15) is 40.2 Å². The Morgan fingerprint density at radius 2 is 1.81 bits per heavy atom. The van der Waals surface area contributed by atoms with Crippen LogP contribution in [0.3, 0.4) is 0 Å². The monoisotopic (exact) mass is 823 g/mol. The highest BCUT2D eigenvalue weighted by Gasteiger charge is 2.61. The van der Waals surface area contributed by atoms with E-state index in [1.807, 2.05) is 29.7 Å². The van der Waals surface area contributed by atoms with Crippen molar-refractivity contribution >= 4 is 57.0 Å². The average Bonchev–Trinajstić information content (AvgIpc) is 3.49. The molecule has 4 aromatic rings. The number of ether oxygens (including phenoxy) is 2. The smallest absolute Gasteiger partial charge is 0.408 e. The molecular weight excluding hydrogens is 783 g/mol. The second-order valence-corrected chi connectivity index (χ2v) is 16.0. The van der Waals surface area contributed by atoms with Crippen molar-refractivity contribution in [1.29, 1.82) is 0 Å². The van der Waals surface area contributed by atoms with Gasteiger partial charge in [0, 0.05) is 36.2 Å². The van der Waals surface area contributed by atoms with Gasteiger partial charge in [-0.15, -0.1) is 11.3 Å². The number of hydrazine groups is 1. The Kier molecular flexibility index (Phi) is 11.2. The fraction of sp³-hybridized carbons (Fsp3) is 0.400. The Balaban J connectivity index is 1.05. The minimum absolute atomic E-state index is 0.0295. The second kappa shape index (κ2) is 16.8. The summed E-state index contributed by atoms with van der Waals surface area (Å²) < 4.78 is 12.7. The zero-order valence-electron chi connectivity index (χ0n) is 31.7. The lowest BCUT2D eigenvalue weighted by Crippen LogP contribution is -2.59. The van der Waals surface area contributed by atoms with E-state index in [9.17, 15) is 34.1 Å². The minimum Gasteiger partial charge on any atom is -0.471 e. The molecule has 5 amide bonds. The number of allylic oxidation sites excluding steroid dienone is 1. The van der Waals surface area contributed by atoms with Crippen molar-refractivity contribution in [2.24, 2.45) is 5.92 Å². The molecule has 5 atom stereocenters. The van der Waals surface area contributed by atoms with Gasteiger partial charge in [0.2, 0.25) is 17.7 Å². The molecule has 19 heteroatoms. The molecule has 0 spiro atoms. The standard InChI is InChI=1S/C40H41N9O9S/c50-34(23-13-15-25(16-14-23)49(55)56)46-47-38(53)40-21-24(40)8-3-1-2-4-12-30(43-39(54)58-26-9-7-10-26)37(52)48-22-27(20-31(48)35(51)45-40)57-36-32-28(17-19-59-32)42-33(44-36)29-11-5-6-18-41-29/h3,5-6,8,11,13-19,24,26-27,30-31H,1-2,4,7,9-10,12,20-22H2,(H,43,54)(H,45,51)(H,46,50)(H,47,53)/b8-3-/t24-,27-,30+,31+,40-/m1/s1. The lowest BCUT2D eigenvalue weighted by atomic mass is 9.96. The molecule has 2 aliphatic heterocycles. The van der Waals surface area contributed by atoms with Crippen LogP contribution in [0.4, 0.5) is 10.5 Å². The predicted molar refractivity (Wildman–Crippen MR) is 212 cm³/mol. The first-order valence-electron chi connectivity index (χ1n) is 19.5. The zero-order valence-corrected chi connectivity index (χ0v) is 32.5. The number of non-ortho nitro benzene ring substituents is 1. The first-order chi connectivity index (χ1) is 28.6. The van der Waals surface area contributed by atoms with E-state index >= 15 is 0 Å². The Labute approximate surface area is 341 Å². The quantitative estimate of drug-likeness (QED) is 0.112. The SMILES string of the molecule is O=C(N[C@H]1CCCC/C=C\[C@@H]2C[C@@]2(C(=O)NNC(=O)c2ccc([N+](=O)[O-])cc2)NC(=O)[C@@H]2C[C@@H](Oc3nc(-c4ccccn4)nc4ccsc34)CN2C1=O)OC1CCC1. The largest absolute Gasteiger partial charge is 0.471 e. The minimum atomic E-state index is -1.47. The van der Waals surface area contributed by atoms with Crippen molar-refractivity contribution in [3.05, 3.63) is 87.9 Å². The van der Waals surface area contributed by atoms with Crippen LogP contribution in [0.25, 0.3) is 21.7 Å². The lowest BCUT2D eigenvalue weighted by Gasteiger charge is -2.31. The van der Waals surface area contributed by atoms with E-state index in [1.165, 1.54) is 40.5 Å². The van der Waals surface area contributed by atoms with E-state index in [-0.39, 0.29) is 42.6 Å². The number of hydrogen-bond donors (Lipinski definition) is 4. The van der Waals surface area contributed by atoms with Gasteiger partial charge in [0.05, 0.1) is 17.0 Å². The van der Waals surface area contributed by atoms with Gasteiger partial charge in [-0.1, -0.05) is 24.6 Å². The molecule has 3 aromatic heterocycles. The molecule has 0 radical (unpaired) electrons. The number of nitro groups is 1. The first-order valence-corrected chi connectivity index (χ1v) is 20.4. The number of pyridine rings is 1. The van der Waals surface area contributed by atoms with Gasteiger partial charge in [-0.05, 0) is 80.7 Å². The van der Waals surface area contributed by atoms with Gasteiger partial charge >= 0.3 is 6.09 Å². The number of nitro benzene ring substituents is 1. The number of aromatic nitrogens is 3. The van der Waals surface area contributed by atoms with Crippen LogP contribution in [-0.2, 0) is 19.1 Å². The molecular formula is C40H41N9O9S. The first kappa shape index (κ1) is 39.3. The van der Waals surface area contributed by atoms with Gasteiger partial charge in [-0.3, -0.25) is 45.1 Å². The van der Waals surface area contributed by atoms with E-state index in [4.69, 9.17) is 14.5 Å². The van der Waals surface area contributed by atoms with Crippen LogP contribution in [0.15, 0.2) is 72.3 Å². The van der Waals surface area contributed by atoms with E-state index < -0.39 is 64.3 Å². The summed E-state index contributed by atoms with van der Waals surface area (Å²) >= 11 is 1.38. The number of rotatable bonds is 8. The molecule has 306 valence electrons. The summed E-state index contributed by atoms with van der Waals surface area (Å²) in [6.45, 7) is -0.0314. The fourth-order valence-corrected chi connectivity index (χ4v) is 8.28. The maximum Gasteiger partial charge on any atom is 0.408 e. The van der Waals surface area contributed by atoms with Gasteiger partial charge in [-0.25, -0.2) is 9.78 Å². The molecule has 2 saturated carbocycles. The molecule has 0 bridgehead atoms. The van der Waals surface area contributed by atoms with Gasteiger partial charge in [0.25, 0.3) is 17.5 Å². The highest BCUT2D eigenvalue weighted by molar-refractivity contribution is 7.17. The number of fused-ring (bicyclic) bond motifs is 3. The van der Waals surface area contributed by atoms with Crippen LogP contribution < -0.4 is 26.2 Å². The summed E-state index contributed by atoms with van der Waals surface area (Å²) in [4.78, 5) is 94.4. The topological polar surface area (TPSA) is 237 Å². The van der Waals surface area contributed by atoms with Gasteiger partial charge in [-0.2, -0.15) is 4.98 Å². The number of alkyl carbamates (subject to hydrolysis) is 1. The summed E-state index contributed by atoms with van der Waals surface area (Å²) in [7, 11) is 0. The Bertz CT molecular complexity index is 2300. The number of hydrogen-bond acceptors (Lipinski definition) is 13. The fourth-order valence-electron chi connectivity index (χ4n) is 7.52. The number of amides is 5. The number of nitrogens with one attached hydrogen (secondary N) is 4. The lowest BCUT2D eigenvalue weighted by molar-refractivity contribution is -0.384. The summed E-state index contributed by atoms with van der Waals surface area (Å²) in [5.74, 6) is -2.34. The second-order valence-electron chi connectivity index (χ2n) is 15.0. The normalized spacial score (nSPS) is 24.9. The highest BCUT2D eigenvalue weighted by atomic mass is 32.1. The van der Waals surface area contributed by atoms with Crippen molar-refractivity contribution in [1.82, 2.24) is 41.3 Å². The summed E-state index contributed by atoms with van der Waals surface area (Å²) in [5, 5.41) is 18.6. The van der Waals surface area contributed by atoms with Crippen molar-refractivity contribution in [3.63, 3.8) is 0 Å². The van der Waals surface area contributed by atoms with E-state index in [0.29, 0.717) is 47.4 Å². The molecule has 18 nitrogen and oxygen atoms in total. The summed E-state index contributed by atoms with van der Waals surface area (Å²) in [6, 6.07) is 9.96. The number of carbonyl (C=O) groups is 5. The number of benzene rings is 1. The third kappa shape index (κ3) is 8.55. The van der Waals surface area contributed by atoms with Crippen molar-refractivity contribution < 1.29 is 38.4 Å². The van der Waals surface area contributed by atoms with Crippen LogP contribution in [0, 0.1) is 16.0 Å². The molecule has 4 N–H and O–H groups in total. The van der Waals surface area contributed by atoms with E-state index in [2.05, 4.69) is 31.5 Å². The summed E-state index contributed by atoms with van der Waals surface area (Å²) in [5.41, 5.74) is 4.33. The van der Waals surface area contributed by atoms with Crippen molar-refractivity contribution in [2.45, 2.75) is 87.6 Å². The molecule has 1 saturated heterocycles. The Morgan fingerprint density at radius 3 is 2.56 bits per heavy atom. The van der Waals surface area contributed by atoms with Crippen LogP contribution in [0.1, 0.15) is 68.1 Å². The maximum absolute atomic E-state index is 14.5. The number of thiophene rings is 1. The van der Waals surface area contributed by atoms with Gasteiger partial charge in [0.15, 0.2) is 5.82 Å². The molecule has 2 aliphatic carbocycles. The zero-order chi connectivity index (χ0) is 41.1. The predicted octanol–water partition coefficient (Wildman–Crippen LogP) is 4.12. The van der Waals surface area contributed by atoms with E-state index in [0.717, 1.165) is 19.3 Å². The van der Waals surface area contributed by atoms with Crippen LogP contribution in [0.5, 0.6) is 5.88 Å². The third-order valence-corrected chi connectivity index (χ3v) is 12.0. The Morgan fingerprint density at radius 1 is 0.983 bits per heavy atom. The summed E-state index contributed by atoms with van der Waals surface area (Å²) in [6.07, 6.45) is 8.68. The Hall–Kier alpha value is -6.50. The molecule has 3 fully saturated rings. The van der Waals surface area contributed by atoms with Crippen molar-refractivity contribution in [2.75, 3.05) is 6.54 Å². The van der Waals surface area contributed by atoms with E-state index in [1.54, 1.807) is 18.3 Å². The van der Waals surface area contributed by atoms with Crippen LogP contribution in [0.2, 0.25) is 0 Å². The maximum atomic E-state index is 14.5. The third-order valence-electron chi connectivity index (χ3n) is 11.1. The van der Waals surface area contributed by atoms with Gasteiger partial charge < -0.3 is 25.0 Å². The molecule has 59 heavy (non-hydrogen) atoms. The number of carbonyl (C=O) groups excluding carboxylic acids is 5. The molecule has 1 aromatic carbocycles.